The van der Waals surface area contributed by atoms with Crippen LogP contribution in [0.5, 0.6) is 0 Å². The summed E-state index contributed by atoms with van der Waals surface area (Å²) in [5.74, 6) is 0. The smallest absolute Gasteiger partial charge is 0.0387 e. The van der Waals surface area contributed by atoms with Crippen LogP contribution in [-0.4, -0.2) is 5.54 Å². The Balaban J connectivity index is 2.48. The van der Waals surface area contributed by atoms with Gasteiger partial charge in [0.2, 0.25) is 0 Å². The third-order valence-corrected chi connectivity index (χ3v) is 4.27. The molecule has 1 heteroatoms. The molecule has 21 heavy (non-hydrogen) atoms. The zero-order chi connectivity index (χ0) is 15.8. The summed E-state index contributed by atoms with van der Waals surface area (Å²) < 4.78 is 0. The highest BCUT2D eigenvalue weighted by Gasteiger charge is 2.29. The molecule has 0 spiro atoms. The van der Waals surface area contributed by atoms with Gasteiger partial charge in [-0.2, -0.15) is 0 Å². The first-order valence-electron chi connectivity index (χ1n) is 7.88. The lowest BCUT2D eigenvalue weighted by molar-refractivity contribution is 0.286. The molecule has 0 aliphatic heterocycles. The summed E-state index contributed by atoms with van der Waals surface area (Å²) in [6.45, 7) is 15.7. The van der Waals surface area contributed by atoms with E-state index in [0.29, 0.717) is 0 Å². The van der Waals surface area contributed by atoms with E-state index in [1.165, 1.54) is 27.8 Å². The molecule has 0 aromatic heterocycles. The van der Waals surface area contributed by atoms with Gasteiger partial charge in [0, 0.05) is 11.1 Å². The fourth-order valence-electron chi connectivity index (χ4n) is 3.41. The number of benzene rings is 1. The molecule has 2 rings (SSSR count). The lowest BCUT2D eigenvalue weighted by Crippen LogP contribution is -2.48. The third-order valence-electron chi connectivity index (χ3n) is 4.27. The maximum absolute atomic E-state index is 3.76. The van der Waals surface area contributed by atoms with Crippen molar-refractivity contribution >= 4 is 5.57 Å². The molecular weight excluding hydrogens is 254 g/mol. The second kappa shape index (κ2) is 5.46. The first-order chi connectivity index (χ1) is 9.62. The monoisotopic (exact) mass is 283 g/mol. The van der Waals surface area contributed by atoms with Crippen molar-refractivity contribution in [2.75, 3.05) is 0 Å². The van der Waals surface area contributed by atoms with Gasteiger partial charge >= 0.3 is 0 Å². The Morgan fingerprint density at radius 2 is 1.57 bits per heavy atom. The molecular formula is C20H29N. The molecule has 1 N–H and O–H groups in total. The molecule has 0 bridgehead atoms. The minimum Gasteiger partial charge on any atom is -0.303 e. The van der Waals surface area contributed by atoms with Crippen LogP contribution in [0.1, 0.15) is 66.0 Å². The van der Waals surface area contributed by atoms with Crippen molar-refractivity contribution in [1.29, 1.82) is 0 Å². The molecule has 0 unspecified atom stereocenters. The van der Waals surface area contributed by atoms with E-state index in [1.54, 1.807) is 0 Å². The average molecular weight is 283 g/mol. The maximum Gasteiger partial charge on any atom is 0.0387 e. The minimum absolute atomic E-state index is 0.0569. The summed E-state index contributed by atoms with van der Waals surface area (Å²) in [6, 6.07) is 8.84. The van der Waals surface area contributed by atoms with Gasteiger partial charge in [-0.05, 0) is 77.2 Å². The Kier molecular flexibility index (Phi) is 4.17. The lowest BCUT2D eigenvalue weighted by Gasteiger charge is -2.37. The second-order valence-corrected chi connectivity index (χ2v) is 7.74. The van der Waals surface area contributed by atoms with E-state index in [1.807, 2.05) is 0 Å². The highest BCUT2D eigenvalue weighted by molar-refractivity contribution is 5.78. The number of nitrogens with one attached hydrogen (secondary N) is 1. The van der Waals surface area contributed by atoms with Crippen molar-refractivity contribution in [2.24, 2.45) is 0 Å². The fraction of sp³-hybridized carbons (Fsp3) is 0.500. The Hall–Kier alpha value is -1.34. The quantitative estimate of drug-likeness (QED) is 0.779. The van der Waals surface area contributed by atoms with Gasteiger partial charge in [-0.3, -0.25) is 0 Å². The first kappa shape index (κ1) is 16.0. The summed E-state index contributed by atoms with van der Waals surface area (Å²) in [6.07, 6.45) is 3.39. The molecule has 1 aromatic carbocycles. The molecule has 1 aliphatic rings. The molecule has 0 saturated heterocycles. The predicted molar refractivity (Wildman–Crippen MR) is 93.3 cm³/mol. The van der Waals surface area contributed by atoms with Gasteiger partial charge in [-0.15, -0.1) is 0 Å². The molecule has 1 nitrogen and oxygen atoms in total. The highest BCUT2D eigenvalue weighted by atomic mass is 15.0. The molecule has 1 aliphatic carbocycles. The standard InChI is InChI=1S/C20H29N/c1-14-12-13-16(15(14)2)17-10-8-9-11-18(17)20(6,7)21-19(3,4)5/h8-12,21H,13H2,1-7H3. The van der Waals surface area contributed by atoms with E-state index in [0.717, 1.165) is 6.42 Å². The zero-order valence-corrected chi connectivity index (χ0v) is 14.6. The summed E-state index contributed by atoms with van der Waals surface area (Å²) >= 11 is 0. The van der Waals surface area contributed by atoms with Crippen molar-refractivity contribution in [1.82, 2.24) is 5.32 Å². The third kappa shape index (κ3) is 3.47. The van der Waals surface area contributed by atoms with Crippen LogP contribution in [0, 0.1) is 0 Å². The number of hydrogen-bond acceptors (Lipinski definition) is 1. The second-order valence-electron chi connectivity index (χ2n) is 7.74. The Bertz CT molecular complexity index is 595. The van der Waals surface area contributed by atoms with Crippen LogP contribution in [0.4, 0.5) is 0 Å². The molecule has 0 atom stereocenters. The van der Waals surface area contributed by atoms with Crippen LogP contribution in [0.25, 0.3) is 5.57 Å². The van der Waals surface area contributed by atoms with E-state index in [4.69, 9.17) is 0 Å². The van der Waals surface area contributed by atoms with Crippen LogP contribution in [0.2, 0.25) is 0 Å². The Morgan fingerprint density at radius 1 is 0.952 bits per heavy atom. The molecule has 0 saturated carbocycles. The van der Waals surface area contributed by atoms with Crippen LogP contribution < -0.4 is 5.32 Å². The maximum atomic E-state index is 3.76. The van der Waals surface area contributed by atoms with Gasteiger partial charge in [0.15, 0.2) is 0 Å². The lowest BCUT2D eigenvalue weighted by atomic mass is 9.84. The summed E-state index contributed by atoms with van der Waals surface area (Å²) in [7, 11) is 0. The van der Waals surface area contributed by atoms with Crippen LogP contribution >= 0.6 is 0 Å². The van der Waals surface area contributed by atoms with Gasteiger partial charge < -0.3 is 5.32 Å². The van der Waals surface area contributed by atoms with Crippen LogP contribution in [-0.2, 0) is 5.54 Å². The number of hydrogen-bond donors (Lipinski definition) is 1. The van der Waals surface area contributed by atoms with Gasteiger partial charge in [0.05, 0.1) is 0 Å². The van der Waals surface area contributed by atoms with Crippen LogP contribution in [0.15, 0.2) is 41.5 Å². The highest BCUT2D eigenvalue weighted by Crippen LogP contribution is 2.38. The minimum atomic E-state index is -0.0569. The topological polar surface area (TPSA) is 12.0 Å². The van der Waals surface area contributed by atoms with Gasteiger partial charge in [-0.25, -0.2) is 0 Å². The van der Waals surface area contributed by atoms with Gasteiger partial charge in [0.1, 0.15) is 0 Å². The van der Waals surface area contributed by atoms with E-state index in [-0.39, 0.29) is 11.1 Å². The van der Waals surface area contributed by atoms with Crippen molar-refractivity contribution in [2.45, 2.75) is 66.0 Å². The summed E-state index contributed by atoms with van der Waals surface area (Å²) in [4.78, 5) is 0. The molecule has 0 amide bonds. The van der Waals surface area contributed by atoms with E-state index in [9.17, 15) is 0 Å². The van der Waals surface area contributed by atoms with Crippen LogP contribution in [0.3, 0.4) is 0 Å². The molecule has 1 aromatic rings. The van der Waals surface area contributed by atoms with Crippen molar-refractivity contribution in [3.8, 4) is 0 Å². The molecule has 114 valence electrons. The van der Waals surface area contributed by atoms with E-state index >= 15 is 0 Å². The first-order valence-corrected chi connectivity index (χ1v) is 7.88. The normalized spacial score (nSPS) is 16.4. The van der Waals surface area contributed by atoms with E-state index < -0.39 is 0 Å². The molecule has 0 radical (unpaired) electrons. The average Bonchev–Trinajstić information content (AvgIpc) is 2.67. The van der Waals surface area contributed by atoms with Gasteiger partial charge in [-0.1, -0.05) is 35.9 Å². The number of rotatable bonds is 3. The van der Waals surface area contributed by atoms with E-state index in [2.05, 4.69) is 84.1 Å². The predicted octanol–water partition coefficient (Wildman–Crippen LogP) is 5.43. The van der Waals surface area contributed by atoms with Crippen molar-refractivity contribution < 1.29 is 0 Å². The summed E-state index contributed by atoms with van der Waals surface area (Å²) in [5.41, 5.74) is 7.15. The SMILES string of the molecule is CC1=CCC(c2ccccc2C(C)(C)NC(C)(C)C)=C1C. The largest absolute Gasteiger partial charge is 0.303 e. The van der Waals surface area contributed by atoms with Crippen molar-refractivity contribution in [3.05, 3.63) is 52.6 Å². The number of allylic oxidation sites excluding steroid dienone is 4. The Morgan fingerprint density at radius 3 is 2.10 bits per heavy atom. The summed E-state index contributed by atoms with van der Waals surface area (Å²) in [5, 5.41) is 3.76. The van der Waals surface area contributed by atoms with Gasteiger partial charge in [0.25, 0.3) is 0 Å². The molecule has 0 heterocycles. The molecule has 0 fully saturated rings. The zero-order valence-electron chi connectivity index (χ0n) is 14.6. The van der Waals surface area contributed by atoms with Crippen molar-refractivity contribution in [3.63, 3.8) is 0 Å². The Labute approximate surface area is 130 Å². The fourth-order valence-corrected chi connectivity index (χ4v) is 3.41.